The second-order valence-electron chi connectivity index (χ2n) is 7.77. The van der Waals surface area contributed by atoms with Crippen LogP contribution < -0.4 is 16.0 Å². The lowest BCUT2D eigenvalue weighted by atomic mass is 9.92. The van der Waals surface area contributed by atoms with E-state index in [-0.39, 0.29) is 19.3 Å². The van der Waals surface area contributed by atoms with Crippen molar-refractivity contribution in [3.05, 3.63) is 35.9 Å². The minimum Gasteiger partial charge on any atom is -0.481 e. The van der Waals surface area contributed by atoms with E-state index in [0.29, 0.717) is 0 Å². The molecule has 0 radical (unpaired) electrons. The molecule has 0 fully saturated rings. The summed E-state index contributed by atoms with van der Waals surface area (Å²) in [6.07, 6.45) is -0.989. The van der Waals surface area contributed by atoms with E-state index in [1.807, 2.05) is 6.07 Å². The number of rotatable bonds is 14. The van der Waals surface area contributed by atoms with E-state index < -0.39 is 66.4 Å². The van der Waals surface area contributed by atoms with Gasteiger partial charge in [-0.05, 0) is 17.9 Å². The third-order valence-electron chi connectivity index (χ3n) is 4.71. The summed E-state index contributed by atoms with van der Waals surface area (Å²) in [6, 6.07) is 6.41. The van der Waals surface area contributed by atoms with Crippen LogP contribution in [-0.4, -0.2) is 58.2 Å². The Labute approximate surface area is 190 Å². The Hall–Kier alpha value is -3.76. The lowest BCUT2D eigenvalue weighted by Gasteiger charge is -2.24. The van der Waals surface area contributed by atoms with E-state index in [0.717, 1.165) is 5.56 Å². The van der Waals surface area contributed by atoms with Crippen LogP contribution in [0.1, 0.15) is 38.7 Å². The Morgan fingerprint density at radius 3 is 2.03 bits per heavy atom. The zero-order chi connectivity index (χ0) is 25.0. The van der Waals surface area contributed by atoms with E-state index in [9.17, 15) is 28.8 Å². The maximum absolute atomic E-state index is 12.8. The van der Waals surface area contributed by atoms with Crippen LogP contribution in [0.5, 0.6) is 0 Å². The zero-order valence-corrected chi connectivity index (χ0v) is 18.4. The molecule has 11 heteroatoms. The summed E-state index contributed by atoms with van der Waals surface area (Å²) in [5.41, 5.74) is 0.798. The molecule has 3 unspecified atom stereocenters. The van der Waals surface area contributed by atoms with Gasteiger partial charge in [-0.1, -0.05) is 44.2 Å². The number of benzene rings is 1. The Bertz CT molecular complexity index is 856. The van der Waals surface area contributed by atoms with Crippen LogP contribution in [0.15, 0.2) is 30.3 Å². The molecule has 0 aliphatic carbocycles. The normalized spacial score (nSPS) is 13.3. The van der Waals surface area contributed by atoms with E-state index >= 15 is 0 Å². The highest BCUT2D eigenvalue weighted by Crippen LogP contribution is 2.13. The smallest absolute Gasteiger partial charge is 0.305 e. The van der Waals surface area contributed by atoms with Crippen molar-refractivity contribution in [2.45, 2.75) is 51.7 Å². The van der Waals surface area contributed by atoms with Gasteiger partial charge in [0.25, 0.3) is 0 Å². The van der Waals surface area contributed by atoms with Gasteiger partial charge in [0, 0.05) is 13.0 Å². The zero-order valence-electron chi connectivity index (χ0n) is 18.4. The van der Waals surface area contributed by atoms with Crippen molar-refractivity contribution in [2.75, 3.05) is 0 Å². The SMILES string of the molecule is CC(C)C(C(=O)NC(C=O)CC(=O)O)C(=O)NC(CCC(=O)O)C(=O)NCc1ccccc1. The molecule has 0 aromatic heterocycles. The van der Waals surface area contributed by atoms with Crippen molar-refractivity contribution in [3.63, 3.8) is 0 Å². The van der Waals surface area contributed by atoms with Gasteiger partial charge in [0.05, 0.1) is 12.5 Å². The van der Waals surface area contributed by atoms with Crippen LogP contribution in [0.25, 0.3) is 0 Å². The minimum atomic E-state index is -1.34. The van der Waals surface area contributed by atoms with Gasteiger partial charge in [-0.2, -0.15) is 0 Å². The van der Waals surface area contributed by atoms with E-state index in [4.69, 9.17) is 10.2 Å². The first-order valence-corrected chi connectivity index (χ1v) is 10.4. The summed E-state index contributed by atoms with van der Waals surface area (Å²) < 4.78 is 0. The molecule has 0 saturated carbocycles. The van der Waals surface area contributed by atoms with Crippen LogP contribution in [0.2, 0.25) is 0 Å². The van der Waals surface area contributed by atoms with Crippen LogP contribution in [-0.2, 0) is 35.3 Å². The molecule has 3 atom stereocenters. The van der Waals surface area contributed by atoms with Gasteiger partial charge in [0.1, 0.15) is 18.2 Å². The Kier molecular flexibility index (Phi) is 11.2. The molecule has 1 aromatic rings. The van der Waals surface area contributed by atoms with Crippen LogP contribution in [0.3, 0.4) is 0 Å². The number of carboxylic acids is 2. The number of carbonyl (C=O) groups is 6. The van der Waals surface area contributed by atoms with Crippen molar-refractivity contribution < 1.29 is 39.0 Å². The number of hydrogen-bond acceptors (Lipinski definition) is 6. The summed E-state index contributed by atoms with van der Waals surface area (Å²) in [7, 11) is 0. The Morgan fingerprint density at radius 2 is 1.52 bits per heavy atom. The number of hydrogen-bond donors (Lipinski definition) is 5. The summed E-state index contributed by atoms with van der Waals surface area (Å²) in [5, 5.41) is 25.1. The average Bonchev–Trinajstić information content (AvgIpc) is 2.74. The number of nitrogens with one attached hydrogen (secondary N) is 3. The number of aldehydes is 1. The first-order chi connectivity index (χ1) is 15.5. The molecule has 0 aliphatic heterocycles. The predicted molar refractivity (Wildman–Crippen MR) is 116 cm³/mol. The van der Waals surface area contributed by atoms with Gasteiger partial charge in [-0.3, -0.25) is 24.0 Å². The highest BCUT2D eigenvalue weighted by atomic mass is 16.4. The third-order valence-corrected chi connectivity index (χ3v) is 4.71. The Balaban J connectivity index is 2.92. The molecule has 33 heavy (non-hydrogen) atoms. The monoisotopic (exact) mass is 463 g/mol. The fraction of sp³-hybridized carbons (Fsp3) is 0.455. The minimum absolute atomic E-state index is 0.156. The first kappa shape index (κ1) is 27.3. The van der Waals surface area contributed by atoms with Crippen LogP contribution >= 0.6 is 0 Å². The maximum Gasteiger partial charge on any atom is 0.305 e. The molecule has 0 saturated heterocycles. The predicted octanol–water partition coefficient (Wildman–Crippen LogP) is 0.0830. The first-order valence-electron chi connectivity index (χ1n) is 10.4. The van der Waals surface area contributed by atoms with Gasteiger partial charge in [-0.25, -0.2) is 0 Å². The maximum atomic E-state index is 12.8. The fourth-order valence-electron chi connectivity index (χ4n) is 3.02. The number of carboxylic acid groups (broad SMARTS) is 2. The van der Waals surface area contributed by atoms with Gasteiger partial charge >= 0.3 is 11.9 Å². The van der Waals surface area contributed by atoms with Gasteiger partial charge in [0.2, 0.25) is 17.7 Å². The van der Waals surface area contributed by atoms with E-state index in [1.165, 1.54) is 0 Å². The van der Waals surface area contributed by atoms with Gasteiger partial charge in [0.15, 0.2) is 0 Å². The number of amides is 3. The molecule has 0 aliphatic rings. The third kappa shape index (κ3) is 9.93. The largest absolute Gasteiger partial charge is 0.481 e. The fourth-order valence-corrected chi connectivity index (χ4v) is 3.02. The summed E-state index contributed by atoms with van der Waals surface area (Å²) in [6.45, 7) is 3.29. The molecular weight excluding hydrogens is 434 g/mol. The molecule has 11 nitrogen and oxygen atoms in total. The topological polar surface area (TPSA) is 179 Å². The Morgan fingerprint density at radius 1 is 0.909 bits per heavy atom. The molecular formula is C22H29N3O8. The van der Waals surface area contributed by atoms with Gasteiger partial charge in [-0.15, -0.1) is 0 Å². The summed E-state index contributed by atoms with van der Waals surface area (Å²) in [4.78, 5) is 70.9. The number of aliphatic carboxylic acids is 2. The van der Waals surface area contributed by atoms with E-state index in [1.54, 1.807) is 38.1 Å². The summed E-state index contributed by atoms with van der Waals surface area (Å²) >= 11 is 0. The number of carbonyl (C=O) groups excluding carboxylic acids is 4. The van der Waals surface area contributed by atoms with Gasteiger partial charge < -0.3 is 31.0 Å². The molecule has 3 amide bonds. The highest BCUT2D eigenvalue weighted by molar-refractivity contribution is 6.02. The molecule has 1 aromatic carbocycles. The molecule has 0 spiro atoms. The van der Waals surface area contributed by atoms with Crippen molar-refractivity contribution in [3.8, 4) is 0 Å². The average molecular weight is 463 g/mol. The molecule has 0 heterocycles. The molecule has 180 valence electrons. The van der Waals surface area contributed by atoms with E-state index in [2.05, 4.69) is 16.0 Å². The van der Waals surface area contributed by atoms with Crippen molar-refractivity contribution in [1.29, 1.82) is 0 Å². The molecule has 5 N–H and O–H groups in total. The van der Waals surface area contributed by atoms with Crippen molar-refractivity contribution in [1.82, 2.24) is 16.0 Å². The molecule has 0 bridgehead atoms. The second-order valence-corrected chi connectivity index (χ2v) is 7.77. The lowest BCUT2D eigenvalue weighted by molar-refractivity contribution is -0.142. The summed E-state index contributed by atoms with van der Waals surface area (Å²) in [5.74, 6) is -6.69. The highest BCUT2D eigenvalue weighted by Gasteiger charge is 2.34. The van der Waals surface area contributed by atoms with Crippen molar-refractivity contribution >= 4 is 35.9 Å². The second kappa shape index (κ2) is 13.6. The van der Waals surface area contributed by atoms with Crippen LogP contribution in [0, 0.1) is 11.8 Å². The lowest BCUT2D eigenvalue weighted by Crippen LogP contribution is -2.53. The molecule has 1 rings (SSSR count). The van der Waals surface area contributed by atoms with Crippen LogP contribution in [0.4, 0.5) is 0 Å². The quantitative estimate of drug-likeness (QED) is 0.190. The standard InChI is InChI=1S/C22H29N3O8/c1-13(2)19(21(32)24-15(12-26)10-18(29)30)22(33)25-16(8-9-17(27)28)20(31)23-11-14-6-4-3-5-7-14/h3-7,12-13,15-16,19H,8-11H2,1-2H3,(H,23,31)(H,24,32)(H,25,33)(H,27,28)(H,29,30). The van der Waals surface area contributed by atoms with Crippen molar-refractivity contribution in [2.24, 2.45) is 11.8 Å².